The Hall–Kier alpha value is -2.82. The molecule has 6 heteroatoms. The van der Waals surface area contributed by atoms with Crippen molar-refractivity contribution >= 4 is 35.0 Å². The number of unbranched alkanes of at least 4 members (excludes halogenated alkanes) is 1. The van der Waals surface area contributed by atoms with E-state index in [1.807, 2.05) is 66.7 Å². The summed E-state index contributed by atoms with van der Waals surface area (Å²) in [6.45, 7) is 2.87. The Morgan fingerprint density at radius 2 is 1.44 bits per heavy atom. The van der Waals surface area contributed by atoms with Gasteiger partial charge < -0.3 is 10.2 Å². The molecule has 1 atom stereocenters. The van der Waals surface area contributed by atoms with Crippen LogP contribution < -0.4 is 5.32 Å². The molecule has 0 fully saturated rings. The minimum Gasteiger partial charge on any atom is -0.354 e. The zero-order valence-electron chi connectivity index (χ0n) is 19.3. The van der Waals surface area contributed by atoms with Crippen LogP contribution in [-0.4, -0.2) is 29.3 Å². The Balaban J connectivity index is 1.96. The first-order valence-corrected chi connectivity index (χ1v) is 12.3. The maximum Gasteiger partial charge on any atom is 0.243 e. The maximum atomic E-state index is 13.7. The summed E-state index contributed by atoms with van der Waals surface area (Å²) in [5, 5.41) is 4.11. The molecule has 0 bridgehead atoms. The lowest BCUT2D eigenvalue weighted by Crippen LogP contribution is -2.51. The Kier molecular flexibility index (Phi) is 9.99. The highest BCUT2D eigenvalue weighted by molar-refractivity contribution is 6.31. The van der Waals surface area contributed by atoms with E-state index in [1.54, 1.807) is 17.0 Å². The SMILES string of the molecule is CCCCNC(=O)[C@@H](Cc1ccccc1)N(Cc1ccccc1Cl)C(=O)Cc1ccccc1Cl. The minimum atomic E-state index is -0.689. The van der Waals surface area contributed by atoms with Gasteiger partial charge in [0, 0.05) is 29.6 Å². The summed E-state index contributed by atoms with van der Waals surface area (Å²) in [6.07, 6.45) is 2.34. The molecule has 0 unspecified atom stereocenters. The second-order valence-electron chi connectivity index (χ2n) is 8.23. The Morgan fingerprint density at radius 1 is 0.853 bits per heavy atom. The average molecular weight is 497 g/mol. The minimum absolute atomic E-state index is 0.0949. The molecule has 3 aromatic carbocycles. The number of nitrogens with zero attached hydrogens (tertiary/aromatic N) is 1. The molecular formula is C28H30Cl2N2O2. The van der Waals surface area contributed by atoms with Crippen LogP contribution in [0.1, 0.15) is 36.5 Å². The van der Waals surface area contributed by atoms with E-state index in [1.165, 1.54) is 0 Å². The van der Waals surface area contributed by atoms with Crippen molar-refractivity contribution in [1.82, 2.24) is 10.2 Å². The summed E-state index contributed by atoms with van der Waals surface area (Å²) in [5.41, 5.74) is 2.49. The van der Waals surface area contributed by atoms with Crippen molar-refractivity contribution in [2.75, 3.05) is 6.54 Å². The summed E-state index contributed by atoms with van der Waals surface area (Å²) in [4.78, 5) is 28.7. The molecule has 0 saturated heterocycles. The smallest absolute Gasteiger partial charge is 0.243 e. The summed E-state index contributed by atoms with van der Waals surface area (Å²) in [6, 6.07) is 23.7. The molecule has 2 amide bonds. The van der Waals surface area contributed by atoms with Crippen LogP contribution in [0.15, 0.2) is 78.9 Å². The van der Waals surface area contributed by atoms with Gasteiger partial charge in [-0.25, -0.2) is 0 Å². The second kappa shape index (κ2) is 13.2. The van der Waals surface area contributed by atoms with Crippen molar-refractivity contribution < 1.29 is 9.59 Å². The molecular weight excluding hydrogens is 467 g/mol. The molecule has 34 heavy (non-hydrogen) atoms. The van der Waals surface area contributed by atoms with Crippen LogP contribution in [-0.2, 0) is 29.0 Å². The van der Waals surface area contributed by atoms with E-state index < -0.39 is 6.04 Å². The van der Waals surface area contributed by atoms with Gasteiger partial charge in [0.05, 0.1) is 6.42 Å². The van der Waals surface area contributed by atoms with Crippen molar-refractivity contribution in [3.63, 3.8) is 0 Å². The van der Waals surface area contributed by atoms with Gasteiger partial charge in [-0.15, -0.1) is 0 Å². The van der Waals surface area contributed by atoms with Gasteiger partial charge in [0.2, 0.25) is 11.8 Å². The number of carbonyl (C=O) groups is 2. The Labute approximate surface area is 211 Å². The fraction of sp³-hybridized carbons (Fsp3) is 0.286. The summed E-state index contributed by atoms with van der Waals surface area (Å²) in [7, 11) is 0. The predicted molar refractivity (Wildman–Crippen MR) is 139 cm³/mol. The predicted octanol–water partition coefficient (Wildman–Crippen LogP) is 6.09. The Morgan fingerprint density at radius 3 is 2.06 bits per heavy atom. The van der Waals surface area contributed by atoms with Crippen LogP contribution in [0.4, 0.5) is 0 Å². The number of nitrogens with one attached hydrogen (secondary N) is 1. The number of benzene rings is 3. The summed E-state index contributed by atoms with van der Waals surface area (Å²) < 4.78 is 0. The lowest BCUT2D eigenvalue weighted by atomic mass is 10.0. The quantitative estimate of drug-likeness (QED) is 0.326. The van der Waals surface area contributed by atoms with Gasteiger partial charge >= 0.3 is 0 Å². The summed E-state index contributed by atoms with van der Waals surface area (Å²) in [5.74, 6) is -0.351. The number of amides is 2. The third-order valence-corrected chi connectivity index (χ3v) is 6.44. The molecule has 0 aliphatic rings. The normalized spacial score (nSPS) is 11.6. The standard InChI is InChI=1S/C28H30Cl2N2O2/c1-2-3-17-31-28(34)26(18-21-11-5-4-6-12-21)32(20-23-14-8-10-16-25(23)30)27(33)19-22-13-7-9-15-24(22)29/h4-16,26H,2-3,17-20H2,1H3,(H,31,34)/t26-/m1/s1. The largest absolute Gasteiger partial charge is 0.354 e. The second-order valence-corrected chi connectivity index (χ2v) is 9.05. The van der Waals surface area contributed by atoms with Gasteiger partial charge in [-0.1, -0.05) is 103 Å². The monoisotopic (exact) mass is 496 g/mol. The van der Waals surface area contributed by atoms with E-state index in [4.69, 9.17) is 23.2 Å². The van der Waals surface area contributed by atoms with E-state index in [2.05, 4.69) is 12.2 Å². The molecule has 0 saturated carbocycles. The third-order valence-electron chi connectivity index (χ3n) is 5.70. The van der Waals surface area contributed by atoms with Crippen LogP contribution in [0.3, 0.4) is 0 Å². The van der Waals surface area contributed by atoms with Crippen LogP contribution in [0.2, 0.25) is 10.0 Å². The van der Waals surface area contributed by atoms with E-state index in [0.29, 0.717) is 23.0 Å². The number of hydrogen-bond donors (Lipinski definition) is 1. The molecule has 0 aromatic heterocycles. The summed E-state index contributed by atoms with van der Waals surface area (Å²) >= 11 is 12.8. The number of halogens is 2. The lowest BCUT2D eigenvalue weighted by molar-refractivity contribution is -0.140. The number of rotatable bonds is 11. The van der Waals surface area contributed by atoms with Gasteiger partial charge in [0.15, 0.2) is 0 Å². The van der Waals surface area contributed by atoms with E-state index in [0.717, 1.165) is 29.5 Å². The topological polar surface area (TPSA) is 49.4 Å². The highest BCUT2D eigenvalue weighted by Gasteiger charge is 2.31. The molecule has 0 spiro atoms. The lowest BCUT2D eigenvalue weighted by Gasteiger charge is -2.32. The van der Waals surface area contributed by atoms with E-state index >= 15 is 0 Å². The first kappa shape index (κ1) is 25.8. The first-order valence-electron chi connectivity index (χ1n) is 11.6. The van der Waals surface area contributed by atoms with Crippen LogP contribution in [0, 0.1) is 0 Å². The average Bonchev–Trinajstić information content (AvgIpc) is 2.84. The van der Waals surface area contributed by atoms with Crippen molar-refractivity contribution in [1.29, 1.82) is 0 Å². The van der Waals surface area contributed by atoms with Crippen molar-refractivity contribution in [2.45, 2.75) is 45.2 Å². The van der Waals surface area contributed by atoms with Crippen LogP contribution in [0.5, 0.6) is 0 Å². The highest BCUT2D eigenvalue weighted by Crippen LogP contribution is 2.23. The van der Waals surface area contributed by atoms with Gasteiger partial charge in [-0.2, -0.15) is 0 Å². The molecule has 1 N–H and O–H groups in total. The fourth-order valence-corrected chi connectivity index (χ4v) is 4.17. The zero-order valence-corrected chi connectivity index (χ0v) is 20.9. The molecule has 3 rings (SSSR count). The van der Waals surface area contributed by atoms with E-state index in [9.17, 15) is 9.59 Å². The van der Waals surface area contributed by atoms with Gasteiger partial charge in [-0.05, 0) is 35.2 Å². The third kappa shape index (κ3) is 7.34. The van der Waals surface area contributed by atoms with Gasteiger partial charge in [0.25, 0.3) is 0 Å². The molecule has 178 valence electrons. The molecule has 3 aromatic rings. The van der Waals surface area contributed by atoms with Crippen LogP contribution in [0.25, 0.3) is 0 Å². The number of carbonyl (C=O) groups excluding carboxylic acids is 2. The first-order chi connectivity index (χ1) is 16.5. The molecule has 0 aliphatic carbocycles. The number of hydrogen-bond acceptors (Lipinski definition) is 2. The van der Waals surface area contributed by atoms with Crippen molar-refractivity contribution in [3.8, 4) is 0 Å². The Bertz CT molecular complexity index is 1090. The highest BCUT2D eigenvalue weighted by atomic mass is 35.5. The van der Waals surface area contributed by atoms with Gasteiger partial charge in [0.1, 0.15) is 6.04 Å². The van der Waals surface area contributed by atoms with Crippen LogP contribution >= 0.6 is 23.2 Å². The van der Waals surface area contributed by atoms with Crippen molar-refractivity contribution in [3.05, 3.63) is 106 Å². The zero-order chi connectivity index (χ0) is 24.3. The molecule has 0 radical (unpaired) electrons. The molecule has 0 heterocycles. The van der Waals surface area contributed by atoms with E-state index in [-0.39, 0.29) is 24.8 Å². The van der Waals surface area contributed by atoms with Crippen molar-refractivity contribution in [2.24, 2.45) is 0 Å². The fourth-order valence-electron chi connectivity index (χ4n) is 3.78. The maximum absolute atomic E-state index is 13.7. The molecule has 0 aliphatic heterocycles. The molecule has 4 nitrogen and oxygen atoms in total. The van der Waals surface area contributed by atoms with Gasteiger partial charge in [-0.3, -0.25) is 9.59 Å².